The Balaban J connectivity index is 2.08. The van der Waals surface area contributed by atoms with Crippen LogP contribution in [0.3, 0.4) is 0 Å². The van der Waals surface area contributed by atoms with Gasteiger partial charge in [-0.05, 0) is 36.4 Å². The van der Waals surface area contributed by atoms with Gasteiger partial charge in [0.1, 0.15) is 12.4 Å². The number of rotatable bonds is 6. The summed E-state index contributed by atoms with van der Waals surface area (Å²) in [5, 5.41) is 6.57. The van der Waals surface area contributed by atoms with Crippen LogP contribution in [-0.4, -0.2) is 24.6 Å². The van der Waals surface area contributed by atoms with Crippen LogP contribution in [0.2, 0.25) is 0 Å². The first-order valence-electron chi connectivity index (χ1n) is 7.56. The van der Waals surface area contributed by atoms with Crippen LogP contribution < -0.4 is 15.5 Å². The van der Waals surface area contributed by atoms with Crippen LogP contribution in [0.4, 0.5) is 5.69 Å². The maximum absolute atomic E-state index is 12.2. The highest BCUT2D eigenvalue weighted by Gasteiger charge is 2.06. The van der Waals surface area contributed by atoms with E-state index in [2.05, 4.69) is 37.7 Å². The highest BCUT2D eigenvalue weighted by atomic mass is 79.9. The molecule has 0 atom stereocenters. The SMILES string of the molecule is C#CCOc1ccc(Br)cc1/C=N\NC(=O)c1cccc(NC(C)=O)c1. The molecule has 0 aliphatic carbocycles. The van der Waals surface area contributed by atoms with Crippen LogP contribution >= 0.6 is 15.9 Å². The van der Waals surface area contributed by atoms with E-state index >= 15 is 0 Å². The lowest BCUT2D eigenvalue weighted by molar-refractivity contribution is -0.114. The number of hydrogen-bond acceptors (Lipinski definition) is 4. The molecule has 7 heteroatoms. The summed E-state index contributed by atoms with van der Waals surface area (Å²) in [6.07, 6.45) is 6.67. The number of anilines is 1. The molecule has 0 radical (unpaired) electrons. The molecule has 0 aliphatic rings. The number of carbonyl (C=O) groups is 2. The second kappa shape index (κ2) is 9.39. The number of nitrogens with one attached hydrogen (secondary N) is 2. The fraction of sp³-hybridized carbons (Fsp3) is 0.105. The second-order valence-electron chi connectivity index (χ2n) is 5.14. The Kier molecular flexibility index (Phi) is 6.94. The molecule has 6 nitrogen and oxygen atoms in total. The smallest absolute Gasteiger partial charge is 0.271 e. The van der Waals surface area contributed by atoms with E-state index in [9.17, 15) is 9.59 Å². The molecular formula is C19H16BrN3O3. The molecule has 2 aromatic rings. The van der Waals surface area contributed by atoms with E-state index in [4.69, 9.17) is 11.2 Å². The van der Waals surface area contributed by atoms with E-state index in [1.165, 1.54) is 13.1 Å². The second-order valence-corrected chi connectivity index (χ2v) is 6.05. The van der Waals surface area contributed by atoms with E-state index < -0.39 is 5.91 Å². The first-order chi connectivity index (χ1) is 12.5. The predicted octanol–water partition coefficient (Wildman–Crippen LogP) is 3.18. The lowest BCUT2D eigenvalue weighted by Gasteiger charge is -2.07. The molecule has 26 heavy (non-hydrogen) atoms. The quantitative estimate of drug-likeness (QED) is 0.433. The number of hydrogen-bond donors (Lipinski definition) is 2. The molecule has 0 fully saturated rings. The van der Waals surface area contributed by atoms with Crippen molar-refractivity contribution in [2.75, 3.05) is 11.9 Å². The molecular weight excluding hydrogens is 398 g/mol. The average Bonchev–Trinajstić information content (AvgIpc) is 2.60. The van der Waals surface area contributed by atoms with Crippen molar-refractivity contribution in [3.05, 3.63) is 58.1 Å². The normalized spacial score (nSPS) is 10.2. The molecule has 0 aromatic heterocycles. The van der Waals surface area contributed by atoms with Crippen molar-refractivity contribution in [3.8, 4) is 18.1 Å². The molecule has 0 unspecified atom stereocenters. The third-order valence-electron chi connectivity index (χ3n) is 3.10. The zero-order valence-electron chi connectivity index (χ0n) is 14.0. The van der Waals surface area contributed by atoms with E-state index in [-0.39, 0.29) is 12.5 Å². The van der Waals surface area contributed by atoms with Crippen molar-refractivity contribution in [2.45, 2.75) is 6.92 Å². The van der Waals surface area contributed by atoms with Gasteiger partial charge in [-0.25, -0.2) is 5.43 Å². The van der Waals surface area contributed by atoms with Crippen molar-refractivity contribution in [3.63, 3.8) is 0 Å². The van der Waals surface area contributed by atoms with Gasteiger partial charge in [0.2, 0.25) is 5.91 Å². The minimum absolute atomic E-state index is 0.130. The number of benzene rings is 2. The van der Waals surface area contributed by atoms with Crippen LogP contribution in [0.15, 0.2) is 52.0 Å². The summed E-state index contributed by atoms with van der Waals surface area (Å²) in [5.41, 5.74) is 3.99. The fourth-order valence-corrected chi connectivity index (χ4v) is 2.42. The van der Waals surface area contributed by atoms with Gasteiger partial charge in [0.05, 0.1) is 6.21 Å². The van der Waals surface area contributed by atoms with Crippen molar-refractivity contribution in [2.24, 2.45) is 5.10 Å². The molecule has 132 valence electrons. The zero-order valence-corrected chi connectivity index (χ0v) is 15.5. The third-order valence-corrected chi connectivity index (χ3v) is 3.59. The summed E-state index contributed by atoms with van der Waals surface area (Å²) >= 11 is 3.37. The molecule has 0 bridgehead atoms. The zero-order chi connectivity index (χ0) is 18.9. The molecule has 0 spiro atoms. The van der Waals surface area contributed by atoms with Crippen LogP contribution in [0.25, 0.3) is 0 Å². The molecule has 2 rings (SSSR count). The van der Waals surface area contributed by atoms with Gasteiger partial charge in [0.15, 0.2) is 0 Å². The Morgan fingerprint density at radius 2 is 2.12 bits per heavy atom. The molecule has 2 aromatic carbocycles. The van der Waals surface area contributed by atoms with E-state index in [1.807, 2.05) is 6.07 Å². The maximum atomic E-state index is 12.2. The van der Waals surface area contributed by atoms with Crippen LogP contribution in [0.1, 0.15) is 22.8 Å². The Morgan fingerprint density at radius 3 is 2.85 bits per heavy atom. The van der Waals surface area contributed by atoms with E-state index in [0.29, 0.717) is 22.6 Å². The number of halogens is 1. The first-order valence-corrected chi connectivity index (χ1v) is 8.36. The Hall–Kier alpha value is -3.11. The number of nitrogens with zero attached hydrogens (tertiary/aromatic N) is 1. The van der Waals surface area contributed by atoms with Gasteiger partial charge < -0.3 is 10.1 Å². The van der Waals surface area contributed by atoms with Gasteiger partial charge in [0, 0.05) is 28.2 Å². The van der Waals surface area contributed by atoms with Crippen molar-refractivity contribution in [1.29, 1.82) is 0 Å². The predicted molar refractivity (Wildman–Crippen MR) is 104 cm³/mol. The summed E-state index contributed by atoms with van der Waals surface area (Å²) in [7, 11) is 0. The minimum Gasteiger partial charge on any atom is -0.480 e. The molecule has 2 N–H and O–H groups in total. The number of carbonyl (C=O) groups excluding carboxylic acids is 2. The lowest BCUT2D eigenvalue weighted by Crippen LogP contribution is -2.18. The average molecular weight is 414 g/mol. The summed E-state index contributed by atoms with van der Waals surface area (Å²) < 4.78 is 6.27. The summed E-state index contributed by atoms with van der Waals surface area (Å²) in [4.78, 5) is 23.3. The Labute approximate surface area is 159 Å². The number of hydrazone groups is 1. The molecule has 2 amide bonds. The van der Waals surface area contributed by atoms with Gasteiger partial charge >= 0.3 is 0 Å². The highest BCUT2D eigenvalue weighted by Crippen LogP contribution is 2.21. The molecule has 0 saturated heterocycles. The summed E-state index contributed by atoms with van der Waals surface area (Å²) in [6, 6.07) is 11.9. The molecule has 0 saturated carbocycles. The topological polar surface area (TPSA) is 79.8 Å². The lowest BCUT2D eigenvalue weighted by atomic mass is 10.2. The standard InChI is InChI=1S/C19H16BrN3O3/c1-3-9-26-18-8-7-16(20)10-15(18)12-21-23-19(25)14-5-4-6-17(11-14)22-13(2)24/h1,4-8,10-12H,9H2,2H3,(H,22,24)(H,23,25)/b21-12-. The van der Waals surface area contributed by atoms with Gasteiger partial charge in [-0.15, -0.1) is 6.42 Å². The maximum Gasteiger partial charge on any atom is 0.271 e. The van der Waals surface area contributed by atoms with Crippen molar-refractivity contribution < 1.29 is 14.3 Å². The monoisotopic (exact) mass is 413 g/mol. The Morgan fingerprint density at radius 1 is 1.31 bits per heavy atom. The summed E-state index contributed by atoms with van der Waals surface area (Å²) in [6.45, 7) is 1.53. The molecule has 0 heterocycles. The molecule has 0 aliphatic heterocycles. The first kappa shape index (κ1) is 19.2. The van der Waals surface area contributed by atoms with Gasteiger partial charge in [0.25, 0.3) is 5.91 Å². The number of terminal acetylenes is 1. The van der Waals surface area contributed by atoms with Crippen LogP contribution in [0.5, 0.6) is 5.75 Å². The van der Waals surface area contributed by atoms with Gasteiger partial charge in [-0.3, -0.25) is 9.59 Å². The third kappa shape index (κ3) is 5.76. The summed E-state index contributed by atoms with van der Waals surface area (Å²) in [5.74, 6) is 2.33. The van der Waals surface area contributed by atoms with Gasteiger partial charge in [-0.2, -0.15) is 5.10 Å². The highest BCUT2D eigenvalue weighted by molar-refractivity contribution is 9.10. The number of amides is 2. The van der Waals surface area contributed by atoms with Crippen LogP contribution in [-0.2, 0) is 4.79 Å². The van der Waals surface area contributed by atoms with E-state index in [0.717, 1.165) is 4.47 Å². The number of ether oxygens (including phenoxy) is 1. The van der Waals surface area contributed by atoms with Crippen molar-refractivity contribution in [1.82, 2.24) is 5.43 Å². The van der Waals surface area contributed by atoms with Crippen LogP contribution in [0, 0.1) is 12.3 Å². The fourth-order valence-electron chi connectivity index (χ4n) is 2.04. The van der Waals surface area contributed by atoms with Gasteiger partial charge in [-0.1, -0.05) is 27.9 Å². The van der Waals surface area contributed by atoms with E-state index in [1.54, 1.807) is 36.4 Å². The Bertz CT molecular complexity index is 888. The minimum atomic E-state index is -0.408. The largest absolute Gasteiger partial charge is 0.480 e. The van der Waals surface area contributed by atoms with Crippen molar-refractivity contribution >= 4 is 39.6 Å².